The lowest BCUT2D eigenvalue weighted by atomic mass is 10.3. The molecule has 0 spiro atoms. The zero-order valence-electron chi connectivity index (χ0n) is 6.99. The number of pyridine rings is 1. The standard InChI is InChI=1S/C8H6F3N3/c9-8(10,11)5-14-7-1-2-12-3-6(7)4-13-14/h1-4H,5H2. The normalized spacial score (nSPS) is 12.2. The molecule has 0 amide bonds. The van der Waals surface area contributed by atoms with Crippen LogP contribution in [0.5, 0.6) is 0 Å². The summed E-state index contributed by atoms with van der Waals surface area (Å²) >= 11 is 0. The minimum absolute atomic E-state index is 0.442. The summed E-state index contributed by atoms with van der Waals surface area (Å²) in [5.41, 5.74) is 0.442. The molecule has 14 heavy (non-hydrogen) atoms. The molecule has 0 atom stereocenters. The molecule has 2 heterocycles. The van der Waals surface area contributed by atoms with Gasteiger partial charge < -0.3 is 0 Å². The predicted octanol–water partition coefficient (Wildman–Crippen LogP) is 1.99. The second-order valence-corrected chi connectivity index (χ2v) is 2.85. The molecule has 0 saturated carbocycles. The van der Waals surface area contributed by atoms with Crippen molar-refractivity contribution < 1.29 is 13.2 Å². The highest BCUT2D eigenvalue weighted by Crippen LogP contribution is 2.20. The first-order chi connectivity index (χ1) is 6.56. The van der Waals surface area contributed by atoms with Crippen LogP contribution in [-0.4, -0.2) is 20.9 Å². The molecular formula is C8H6F3N3. The van der Waals surface area contributed by atoms with Crippen molar-refractivity contribution in [3.63, 3.8) is 0 Å². The maximum atomic E-state index is 12.1. The summed E-state index contributed by atoms with van der Waals surface area (Å²) in [6.45, 7) is -1.07. The Morgan fingerprint density at radius 2 is 2.07 bits per heavy atom. The molecule has 0 saturated heterocycles. The van der Waals surface area contributed by atoms with Gasteiger partial charge in [-0.25, -0.2) is 0 Å². The second-order valence-electron chi connectivity index (χ2n) is 2.85. The van der Waals surface area contributed by atoms with Gasteiger partial charge in [-0.15, -0.1) is 0 Å². The molecule has 3 nitrogen and oxygen atoms in total. The summed E-state index contributed by atoms with van der Waals surface area (Å²) in [6.07, 6.45) is 0.0440. The number of hydrogen-bond donors (Lipinski definition) is 0. The Hall–Kier alpha value is -1.59. The second kappa shape index (κ2) is 2.97. The van der Waals surface area contributed by atoms with Crippen molar-refractivity contribution in [1.29, 1.82) is 0 Å². The van der Waals surface area contributed by atoms with Crippen molar-refractivity contribution >= 4 is 10.9 Å². The largest absolute Gasteiger partial charge is 0.408 e. The molecule has 0 unspecified atom stereocenters. The molecular weight excluding hydrogens is 195 g/mol. The Labute approximate surface area is 77.2 Å². The maximum absolute atomic E-state index is 12.1. The number of fused-ring (bicyclic) bond motifs is 1. The fraction of sp³-hybridized carbons (Fsp3) is 0.250. The molecule has 0 radical (unpaired) electrons. The van der Waals surface area contributed by atoms with Crippen LogP contribution in [0.15, 0.2) is 24.7 Å². The average Bonchev–Trinajstić information content (AvgIpc) is 2.47. The van der Waals surface area contributed by atoms with Gasteiger partial charge in [0.05, 0.1) is 11.7 Å². The molecule has 74 valence electrons. The predicted molar refractivity (Wildman–Crippen MR) is 43.6 cm³/mol. The van der Waals surface area contributed by atoms with Crippen LogP contribution in [0.4, 0.5) is 13.2 Å². The van der Waals surface area contributed by atoms with Crippen LogP contribution in [0.25, 0.3) is 10.9 Å². The molecule has 2 aromatic rings. The monoisotopic (exact) mass is 201 g/mol. The van der Waals surface area contributed by atoms with Crippen molar-refractivity contribution in [3.8, 4) is 0 Å². The van der Waals surface area contributed by atoms with E-state index < -0.39 is 12.7 Å². The summed E-state index contributed by atoms with van der Waals surface area (Å²) < 4.78 is 37.1. The Morgan fingerprint density at radius 3 is 2.79 bits per heavy atom. The zero-order valence-corrected chi connectivity index (χ0v) is 6.99. The molecule has 0 bridgehead atoms. The lowest BCUT2D eigenvalue weighted by Crippen LogP contribution is -2.18. The summed E-state index contributed by atoms with van der Waals surface area (Å²) in [5.74, 6) is 0. The molecule has 6 heteroatoms. The van der Waals surface area contributed by atoms with Gasteiger partial charge in [-0.1, -0.05) is 0 Å². The van der Waals surface area contributed by atoms with E-state index in [-0.39, 0.29) is 0 Å². The summed E-state index contributed by atoms with van der Waals surface area (Å²) in [7, 11) is 0. The average molecular weight is 201 g/mol. The lowest BCUT2D eigenvalue weighted by Gasteiger charge is -2.06. The molecule has 0 aliphatic rings. The van der Waals surface area contributed by atoms with E-state index in [4.69, 9.17) is 0 Å². The van der Waals surface area contributed by atoms with E-state index in [1.807, 2.05) is 0 Å². The van der Waals surface area contributed by atoms with Crippen LogP contribution >= 0.6 is 0 Å². The van der Waals surface area contributed by atoms with E-state index in [1.54, 1.807) is 0 Å². The van der Waals surface area contributed by atoms with E-state index >= 15 is 0 Å². The van der Waals surface area contributed by atoms with Gasteiger partial charge in [0.15, 0.2) is 0 Å². The highest BCUT2D eigenvalue weighted by molar-refractivity contribution is 5.77. The van der Waals surface area contributed by atoms with Gasteiger partial charge in [-0.3, -0.25) is 9.67 Å². The molecule has 0 aliphatic carbocycles. The van der Waals surface area contributed by atoms with Crippen molar-refractivity contribution in [1.82, 2.24) is 14.8 Å². The molecule has 2 rings (SSSR count). The van der Waals surface area contributed by atoms with E-state index in [0.717, 1.165) is 4.68 Å². The third kappa shape index (κ3) is 1.68. The summed E-state index contributed by atoms with van der Waals surface area (Å²) in [5, 5.41) is 4.25. The number of nitrogens with zero attached hydrogens (tertiary/aromatic N) is 3. The van der Waals surface area contributed by atoms with Crippen LogP contribution in [0.2, 0.25) is 0 Å². The van der Waals surface area contributed by atoms with Gasteiger partial charge in [0, 0.05) is 17.8 Å². The van der Waals surface area contributed by atoms with Crippen molar-refractivity contribution in [2.75, 3.05) is 0 Å². The van der Waals surface area contributed by atoms with Crippen molar-refractivity contribution in [2.24, 2.45) is 0 Å². The fourth-order valence-electron chi connectivity index (χ4n) is 1.22. The van der Waals surface area contributed by atoms with Gasteiger partial charge in [0.25, 0.3) is 0 Å². The zero-order chi connectivity index (χ0) is 10.2. The van der Waals surface area contributed by atoms with E-state index in [0.29, 0.717) is 10.9 Å². The van der Waals surface area contributed by atoms with Gasteiger partial charge in [0.1, 0.15) is 6.54 Å². The lowest BCUT2D eigenvalue weighted by molar-refractivity contribution is -0.141. The van der Waals surface area contributed by atoms with Gasteiger partial charge in [-0.05, 0) is 6.07 Å². The van der Waals surface area contributed by atoms with Crippen molar-refractivity contribution in [3.05, 3.63) is 24.7 Å². The number of halogens is 3. The fourth-order valence-corrected chi connectivity index (χ4v) is 1.22. The molecule has 0 N–H and O–H groups in total. The first-order valence-electron chi connectivity index (χ1n) is 3.88. The van der Waals surface area contributed by atoms with E-state index in [1.165, 1.54) is 24.7 Å². The Bertz CT molecular complexity index is 446. The number of aromatic nitrogens is 3. The molecule has 2 aromatic heterocycles. The van der Waals surface area contributed by atoms with Crippen LogP contribution in [0.1, 0.15) is 0 Å². The number of rotatable bonds is 1. The third-order valence-electron chi connectivity index (χ3n) is 1.77. The number of hydrogen-bond acceptors (Lipinski definition) is 2. The summed E-state index contributed by atoms with van der Waals surface area (Å²) in [6, 6.07) is 1.51. The minimum Gasteiger partial charge on any atom is -0.264 e. The molecule has 0 aromatic carbocycles. The number of alkyl halides is 3. The van der Waals surface area contributed by atoms with Crippen LogP contribution in [-0.2, 0) is 6.54 Å². The molecule has 0 aliphatic heterocycles. The summed E-state index contributed by atoms with van der Waals surface area (Å²) in [4.78, 5) is 3.79. The first kappa shape index (κ1) is 8.98. The third-order valence-corrected chi connectivity index (χ3v) is 1.77. The topological polar surface area (TPSA) is 30.7 Å². The van der Waals surface area contributed by atoms with Gasteiger partial charge >= 0.3 is 6.18 Å². The van der Waals surface area contributed by atoms with Crippen LogP contribution in [0, 0.1) is 0 Å². The van der Waals surface area contributed by atoms with E-state index in [9.17, 15) is 13.2 Å². The van der Waals surface area contributed by atoms with Gasteiger partial charge in [0.2, 0.25) is 0 Å². The van der Waals surface area contributed by atoms with Crippen LogP contribution < -0.4 is 0 Å². The highest BCUT2D eigenvalue weighted by Gasteiger charge is 2.28. The quantitative estimate of drug-likeness (QED) is 0.706. The smallest absolute Gasteiger partial charge is 0.264 e. The minimum atomic E-state index is -4.25. The highest BCUT2D eigenvalue weighted by atomic mass is 19.4. The van der Waals surface area contributed by atoms with E-state index in [2.05, 4.69) is 10.1 Å². The van der Waals surface area contributed by atoms with Gasteiger partial charge in [-0.2, -0.15) is 18.3 Å². The Kier molecular flexibility index (Phi) is 1.90. The van der Waals surface area contributed by atoms with Crippen molar-refractivity contribution in [2.45, 2.75) is 12.7 Å². The Balaban J connectivity index is 2.44. The van der Waals surface area contributed by atoms with Crippen LogP contribution in [0.3, 0.4) is 0 Å². The maximum Gasteiger partial charge on any atom is 0.408 e. The SMILES string of the molecule is FC(F)(F)Cn1ncc2cnccc21. The first-order valence-corrected chi connectivity index (χ1v) is 3.88. The molecule has 0 fully saturated rings. The Morgan fingerprint density at radius 1 is 1.29 bits per heavy atom.